The van der Waals surface area contributed by atoms with Gasteiger partial charge in [-0.1, -0.05) is 75.9 Å². The van der Waals surface area contributed by atoms with Gasteiger partial charge in [-0.25, -0.2) is 8.42 Å². The number of aryl methyl sites for hydroxylation is 1. The molecule has 1 N–H and O–H groups in total. The summed E-state index contributed by atoms with van der Waals surface area (Å²) in [4.78, 5) is 28.4. The van der Waals surface area contributed by atoms with Gasteiger partial charge >= 0.3 is 0 Å². The van der Waals surface area contributed by atoms with Gasteiger partial charge < -0.3 is 10.2 Å². The smallest absolute Gasteiger partial charge is 0.264 e. The fraction of sp³-hybridized carbons (Fsp3) is 0.286. The number of amides is 2. The standard InChI is InChI=1S/C28H30BrCl2N3O4S/c1-4-26(28(36)32-5-2)33(17-20-11-12-22(30)16-25(20)31)27(35)18-34(23-8-6-7-21(29)15-23)39(37,38)24-13-9-19(3)10-14-24/h6-16,26H,4-5,17-18H2,1-3H3,(H,32,36)/t26-/m0/s1. The van der Waals surface area contributed by atoms with Crippen molar-refractivity contribution < 1.29 is 18.0 Å². The number of rotatable bonds is 11. The summed E-state index contributed by atoms with van der Waals surface area (Å²) in [6.45, 7) is 5.27. The molecule has 0 radical (unpaired) electrons. The minimum absolute atomic E-state index is 0.0125. The lowest BCUT2D eigenvalue weighted by atomic mass is 10.1. The summed E-state index contributed by atoms with van der Waals surface area (Å²) in [7, 11) is -4.14. The molecule has 39 heavy (non-hydrogen) atoms. The minimum Gasteiger partial charge on any atom is -0.355 e. The van der Waals surface area contributed by atoms with Gasteiger partial charge in [-0.3, -0.25) is 13.9 Å². The highest BCUT2D eigenvalue weighted by Crippen LogP contribution is 2.28. The van der Waals surface area contributed by atoms with Crippen LogP contribution >= 0.6 is 39.1 Å². The zero-order valence-corrected chi connectivity index (χ0v) is 25.7. The fourth-order valence-corrected chi connectivity index (χ4v) is 6.30. The van der Waals surface area contributed by atoms with Crippen LogP contribution in [0.1, 0.15) is 31.4 Å². The van der Waals surface area contributed by atoms with E-state index in [1.165, 1.54) is 17.0 Å². The van der Waals surface area contributed by atoms with E-state index in [1.807, 2.05) is 6.92 Å². The Kier molecular flexibility index (Phi) is 10.8. The Bertz CT molecular complexity index is 1430. The van der Waals surface area contributed by atoms with E-state index in [9.17, 15) is 18.0 Å². The molecule has 208 valence electrons. The van der Waals surface area contributed by atoms with Crippen molar-refractivity contribution >= 4 is 66.7 Å². The van der Waals surface area contributed by atoms with Gasteiger partial charge in [-0.2, -0.15) is 0 Å². The van der Waals surface area contributed by atoms with E-state index >= 15 is 0 Å². The molecule has 0 aliphatic heterocycles. The number of sulfonamides is 1. The zero-order chi connectivity index (χ0) is 28.7. The molecule has 3 rings (SSSR count). The zero-order valence-electron chi connectivity index (χ0n) is 21.8. The number of benzene rings is 3. The number of hydrogen-bond donors (Lipinski definition) is 1. The highest BCUT2D eigenvalue weighted by Gasteiger charge is 2.34. The number of carbonyl (C=O) groups is 2. The number of halogens is 3. The molecular weight excluding hydrogens is 625 g/mol. The number of likely N-dealkylation sites (N-methyl/N-ethyl adjacent to an activating group) is 1. The monoisotopic (exact) mass is 653 g/mol. The third kappa shape index (κ3) is 7.75. The largest absolute Gasteiger partial charge is 0.355 e. The average Bonchev–Trinajstić information content (AvgIpc) is 2.88. The van der Waals surface area contributed by atoms with Crippen molar-refractivity contribution in [3.05, 3.63) is 92.4 Å². The number of hydrogen-bond acceptors (Lipinski definition) is 4. The van der Waals surface area contributed by atoms with Crippen LogP contribution < -0.4 is 9.62 Å². The van der Waals surface area contributed by atoms with E-state index in [2.05, 4.69) is 21.2 Å². The molecule has 0 aromatic heterocycles. The van der Waals surface area contributed by atoms with Gasteiger partial charge in [0.05, 0.1) is 10.6 Å². The number of nitrogens with one attached hydrogen (secondary N) is 1. The molecule has 0 aliphatic carbocycles. The van der Waals surface area contributed by atoms with E-state index in [-0.39, 0.29) is 17.3 Å². The second kappa shape index (κ2) is 13.7. The molecule has 0 saturated heterocycles. The van der Waals surface area contributed by atoms with E-state index < -0.39 is 28.5 Å². The van der Waals surface area contributed by atoms with Gasteiger partial charge in [0.1, 0.15) is 12.6 Å². The molecular formula is C28H30BrCl2N3O4S. The summed E-state index contributed by atoms with van der Waals surface area (Å²) in [6.07, 6.45) is 0.310. The number of carbonyl (C=O) groups excluding carboxylic acids is 2. The fourth-order valence-electron chi connectivity index (χ4n) is 4.04. The molecule has 0 spiro atoms. The predicted octanol–water partition coefficient (Wildman–Crippen LogP) is 6.20. The van der Waals surface area contributed by atoms with Crippen LogP contribution in [0.25, 0.3) is 0 Å². The van der Waals surface area contributed by atoms with Gasteiger partial charge in [-0.05, 0) is 68.3 Å². The van der Waals surface area contributed by atoms with Crippen molar-refractivity contribution in [1.82, 2.24) is 10.2 Å². The first-order valence-corrected chi connectivity index (χ1v) is 15.3. The Morgan fingerprint density at radius 2 is 1.69 bits per heavy atom. The van der Waals surface area contributed by atoms with Crippen LogP contribution in [-0.4, -0.2) is 44.3 Å². The van der Waals surface area contributed by atoms with E-state index in [1.54, 1.807) is 68.4 Å². The van der Waals surface area contributed by atoms with Gasteiger partial charge in [0.15, 0.2) is 0 Å². The topological polar surface area (TPSA) is 86.8 Å². The molecule has 0 saturated carbocycles. The summed E-state index contributed by atoms with van der Waals surface area (Å²) in [6, 6.07) is 17.2. The molecule has 1 atom stereocenters. The SMILES string of the molecule is CCNC(=O)[C@H](CC)N(Cc1ccc(Cl)cc1Cl)C(=O)CN(c1cccc(Br)c1)S(=O)(=O)c1ccc(C)cc1. The Hall–Kier alpha value is -2.59. The van der Waals surface area contributed by atoms with Gasteiger partial charge in [-0.15, -0.1) is 0 Å². The molecule has 3 aromatic rings. The van der Waals surface area contributed by atoms with Gasteiger partial charge in [0, 0.05) is 27.6 Å². The second-order valence-electron chi connectivity index (χ2n) is 8.88. The Labute approximate surface area is 248 Å². The maximum atomic E-state index is 14.0. The minimum atomic E-state index is -4.14. The maximum Gasteiger partial charge on any atom is 0.264 e. The maximum absolute atomic E-state index is 14.0. The summed E-state index contributed by atoms with van der Waals surface area (Å²) < 4.78 is 29.4. The first-order valence-electron chi connectivity index (χ1n) is 12.3. The Morgan fingerprint density at radius 3 is 2.28 bits per heavy atom. The predicted molar refractivity (Wildman–Crippen MR) is 160 cm³/mol. The number of anilines is 1. The van der Waals surface area contributed by atoms with Crippen LogP contribution in [0.15, 0.2) is 76.1 Å². The lowest BCUT2D eigenvalue weighted by molar-refractivity contribution is -0.140. The quantitative estimate of drug-likeness (QED) is 0.267. The lowest BCUT2D eigenvalue weighted by Crippen LogP contribution is -2.52. The Balaban J connectivity index is 2.08. The average molecular weight is 655 g/mol. The van der Waals surface area contributed by atoms with Crippen molar-refractivity contribution in [1.29, 1.82) is 0 Å². The molecule has 0 heterocycles. The van der Waals surface area contributed by atoms with E-state index in [0.717, 1.165) is 9.87 Å². The van der Waals surface area contributed by atoms with Crippen molar-refractivity contribution in [3.8, 4) is 0 Å². The van der Waals surface area contributed by atoms with Crippen LogP contribution in [0.5, 0.6) is 0 Å². The van der Waals surface area contributed by atoms with E-state index in [4.69, 9.17) is 23.2 Å². The third-order valence-electron chi connectivity index (χ3n) is 6.08. The summed E-state index contributed by atoms with van der Waals surface area (Å²) in [5.74, 6) is -0.899. The van der Waals surface area contributed by atoms with Crippen LogP contribution in [0, 0.1) is 6.92 Å². The molecule has 11 heteroatoms. The van der Waals surface area contributed by atoms with Crippen molar-refractivity contribution in [2.45, 2.75) is 44.7 Å². The molecule has 0 bridgehead atoms. The summed E-state index contributed by atoms with van der Waals surface area (Å²) in [5, 5.41) is 3.54. The lowest BCUT2D eigenvalue weighted by Gasteiger charge is -2.33. The van der Waals surface area contributed by atoms with Crippen molar-refractivity contribution in [2.75, 3.05) is 17.4 Å². The molecule has 0 aliphatic rings. The molecule has 0 fully saturated rings. The summed E-state index contributed by atoms with van der Waals surface area (Å²) >= 11 is 15.9. The van der Waals surface area contributed by atoms with Crippen molar-refractivity contribution in [2.24, 2.45) is 0 Å². The van der Waals surface area contributed by atoms with Gasteiger partial charge in [0.2, 0.25) is 11.8 Å². The van der Waals surface area contributed by atoms with Crippen LogP contribution in [0.3, 0.4) is 0 Å². The number of nitrogens with zero attached hydrogens (tertiary/aromatic N) is 2. The first-order chi connectivity index (χ1) is 18.5. The molecule has 2 amide bonds. The van der Waals surface area contributed by atoms with E-state index in [0.29, 0.717) is 38.7 Å². The summed E-state index contributed by atoms with van der Waals surface area (Å²) in [5.41, 5.74) is 1.78. The van der Waals surface area contributed by atoms with Gasteiger partial charge in [0.25, 0.3) is 10.0 Å². The highest BCUT2D eigenvalue weighted by molar-refractivity contribution is 9.10. The third-order valence-corrected chi connectivity index (χ3v) is 8.95. The molecule has 3 aromatic carbocycles. The van der Waals surface area contributed by atoms with Crippen LogP contribution in [0.2, 0.25) is 10.0 Å². The first kappa shape index (κ1) is 30.9. The molecule has 7 nitrogen and oxygen atoms in total. The van der Waals surface area contributed by atoms with Crippen molar-refractivity contribution in [3.63, 3.8) is 0 Å². The normalized spacial score (nSPS) is 12.1. The second-order valence-corrected chi connectivity index (χ2v) is 12.5. The van der Waals surface area contributed by atoms with Crippen LogP contribution in [0.4, 0.5) is 5.69 Å². The molecule has 0 unspecified atom stereocenters. The Morgan fingerprint density at radius 1 is 1.00 bits per heavy atom. The van der Waals surface area contributed by atoms with Crippen LogP contribution in [-0.2, 0) is 26.2 Å². The highest BCUT2D eigenvalue weighted by atomic mass is 79.9.